The first-order chi connectivity index (χ1) is 12.3. The van der Waals surface area contributed by atoms with Crippen molar-refractivity contribution in [3.05, 3.63) is 29.8 Å². The van der Waals surface area contributed by atoms with Crippen LogP contribution in [0.1, 0.15) is 38.7 Å². The van der Waals surface area contributed by atoms with E-state index in [1.54, 1.807) is 0 Å². The lowest BCUT2D eigenvalue weighted by atomic mass is 9.93. The van der Waals surface area contributed by atoms with Crippen molar-refractivity contribution in [2.24, 2.45) is 10.9 Å². The maximum absolute atomic E-state index is 5.68. The van der Waals surface area contributed by atoms with E-state index in [2.05, 4.69) is 33.5 Å². The Morgan fingerprint density at radius 3 is 2.64 bits per heavy atom. The van der Waals surface area contributed by atoms with Crippen LogP contribution in [-0.2, 0) is 6.54 Å². The Balaban J connectivity index is 1.71. The van der Waals surface area contributed by atoms with Crippen molar-refractivity contribution in [1.82, 2.24) is 15.5 Å². The summed E-state index contributed by atoms with van der Waals surface area (Å²) < 4.78 is 5.68. The molecule has 0 bridgehead atoms. The molecule has 0 saturated carbocycles. The Bertz CT molecular complexity index is 524. The number of guanidine groups is 1. The molecule has 1 aliphatic rings. The summed E-state index contributed by atoms with van der Waals surface area (Å²) in [6, 6.07) is 8.15. The van der Waals surface area contributed by atoms with Crippen LogP contribution in [-0.4, -0.2) is 50.7 Å². The van der Waals surface area contributed by atoms with Crippen LogP contribution in [0, 0.1) is 5.92 Å². The largest absolute Gasteiger partial charge is 0.494 e. The molecule has 1 aromatic carbocycles. The fourth-order valence-corrected chi connectivity index (χ4v) is 3.33. The molecule has 5 heteroatoms. The van der Waals surface area contributed by atoms with Crippen molar-refractivity contribution in [3.8, 4) is 5.75 Å². The summed E-state index contributed by atoms with van der Waals surface area (Å²) in [5.74, 6) is 2.64. The molecule has 0 aliphatic carbocycles. The van der Waals surface area contributed by atoms with Gasteiger partial charge in [-0.1, -0.05) is 25.1 Å². The van der Waals surface area contributed by atoms with Crippen molar-refractivity contribution in [3.63, 3.8) is 0 Å². The average Bonchev–Trinajstić information content (AvgIpc) is 2.66. The van der Waals surface area contributed by atoms with E-state index in [1.165, 1.54) is 38.9 Å². The fourth-order valence-electron chi connectivity index (χ4n) is 3.33. The van der Waals surface area contributed by atoms with E-state index in [1.807, 2.05) is 32.2 Å². The maximum Gasteiger partial charge on any atom is 0.191 e. The zero-order valence-electron chi connectivity index (χ0n) is 16.1. The number of hydrogen-bond acceptors (Lipinski definition) is 3. The Morgan fingerprint density at radius 2 is 1.96 bits per heavy atom. The van der Waals surface area contributed by atoms with Gasteiger partial charge in [-0.15, -0.1) is 0 Å². The number of benzene rings is 1. The van der Waals surface area contributed by atoms with Crippen molar-refractivity contribution >= 4 is 5.96 Å². The molecule has 1 fully saturated rings. The molecule has 140 valence electrons. The number of ether oxygens (including phenoxy) is 1. The van der Waals surface area contributed by atoms with E-state index in [9.17, 15) is 0 Å². The van der Waals surface area contributed by atoms with Crippen LogP contribution in [0.3, 0.4) is 0 Å². The molecular weight excluding hydrogens is 312 g/mol. The van der Waals surface area contributed by atoms with Gasteiger partial charge in [-0.25, -0.2) is 0 Å². The standard InChI is InChI=1S/C20H34N4O/c1-4-24-14-11-17(12-15-24)10-13-22-20(21-3)23-16-18-8-6-7-9-19(18)25-5-2/h6-9,17H,4-5,10-16H2,1-3H3,(H2,21,22,23). The van der Waals surface area contributed by atoms with E-state index < -0.39 is 0 Å². The van der Waals surface area contributed by atoms with Gasteiger partial charge in [0, 0.05) is 25.7 Å². The molecule has 25 heavy (non-hydrogen) atoms. The number of aliphatic imine (C=N–C) groups is 1. The molecule has 0 spiro atoms. The van der Waals surface area contributed by atoms with E-state index in [4.69, 9.17) is 4.74 Å². The number of nitrogens with one attached hydrogen (secondary N) is 2. The fraction of sp³-hybridized carbons (Fsp3) is 0.650. The number of hydrogen-bond donors (Lipinski definition) is 2. The highest BCUT2D eigenvalue weighted by atomic mass is 16.5. The van der Waals surface area contributed by atoms with Crippen LogP contribution >= 0.6 is 0 Å². The average molecular weight is 347 g/mol. The molecule has 1 saturated heterocycles. The van der Waals surface area contributed by atoms with Gasteiger partial charge in [-0.2, -0.15) is 0 Å². The van der Waals surface area contributed by atoms with Gasteiger partial charge in [0.05, 0.1) is 6.61 Å². The number of likely N-dealkylation sites (tertiary alicyclic amines) is 1. The van der Waals surface area contributed by atoms with E-state index in [-0.39, 0.29) is 0 Å². The van der Waals surface area contributed by atoms with Gasteiger partial charge in [-0.3, -0.25) is 4.99 Å². The summed E-state index contributed by atoms with van der Waals surface area (Å²) in [5.41, 5.74) is 1.15. The SMILES string of the molecule is CCOc1ccccc1CNC(=NC)NCCC1CCN(CC)CC1. The van der Waals surface area contributed by atoms with Gasteiger partial charge in [0.1, 0.15) is 5.75 Å². The third-order valence-electron chi connectivity index (χ3n) is 4.94. The summed E-state index contributed by atoms with van der Waals surface area (Å²) in [5, 5.41) is 6.84. The van der Waals surface area contributed by atoms with Crippen molar-refractivity contribution < 1.29 is 4.74 Å². The van der Waals surface area contributed by atoms with Crippen molar-refractivity contribution in [2.45, 2.75) is 39.7 Å². The summed E-state index contributed by atoms with van der Waals surface area (Å²) in [6.45, 7) is 10.3. The first-order valence-corrected chi connectivity index (χ1v) is 9.64. The van der Waals surface area contributed by atoms with Gasteiger partial charge in [0.15, 0.2) is 5.96 Å². The monoisotopic (exact) mass is 346 g/mol. The van der Waals surface area contributed by atoms with Gasteiger partial charge >= 0.3 is 0 Å². The van der Waals surface area contributed by atoms with Gasteiger partial charge in [-0.05, 0) is 57.8 Å². The topological polar surface area (TPSA) is 48.9 Å². The van der Waals surface area contributed by atoms with Crippen LogP contribution < -0.4 is 15.4 Å². The molecule has 1 aliphatic heterocycles. The molecule has 0 aromatic heterocycles. The Kier molecular flexibility index (Phi) is 8.60. The molecule has 0 amide bonds. The van der Waals surface area contributed by atoms with Crippen molar-refractivity contribution in [1.29, 1.82) is 0 Å². The zero-order chi connectivity index (χ0) is 17.9. The quantitative estimate of drug-likeness (QED) is 0.561. The molecule has 1 heterocycles. The summed E-state index contributed by atoms with van der Waals surface area (Å²) >= 11 is 0. The Morgan fingerprint density at radius 1 is 1.20 bits per heavy atom. The van der Waals surface area contributed by atoms with Crippen LogP contribution in [0.25, 0.3) is 0 Å². The predicted molar refractivity (Wildman–Crippen MR) is 105 cm³/mol. The molecule has 0 atom stereocenters. The normalized spacial score (nSPS) is 16.7. The molecule has 2 N–H and O–H groups in total. The number of para-hydroxylation sites is 1. The minimum absolute atomic E-state index is 0.681. The lowest BCUT2D eigenvalue weighted by molar-refractivity contribution is 0.187. The molecular formula is C20H34N4O. The third kappa shape index (κ3) is 6.58. The van der Waals surface area contributed by atoms with Crippen molar-refractivity contribution in [2.75, 3.05) is 39.8 Å². The van der Waals surface area contributed by atoms with Crippen LogP contribution in [0.15, 0.2) is 29.3 Å². The number of nitrogens with zero attached hydrogens (tertiary/aromatic N) is 2. The first-order valence-electron chi connectivity index (χ1n) is 9.64. The van der Waals surface area contributed by atoms with Gasteiger partial charge in [0.25, 0.3) is 0 Å². The first kappa shape index (κ1) is 19.6. The second-order valence-electron chi connectivity index (χ2n) is 6.56. The number of rotatable bonds is 8. The number of piperidine rings is 1. The highest BCUT2D eigenvalue weighted by Crippen LogP contribution is 2.19. The van der Waals surface area contributed by atoms with E-state index >= 15 is 0 Å². The highest BCUT2D eigenvalue weighted by Gasteiger charge is 2.17. The highest BCUT2D eigenvalue weighted by molar-refractivity contribution is 5.79. The lowest BCUT2D eigenvalue weighted by Crippen LogP contribution is -2.39. The smallest absolute Gasteiger partial charge is 0.191 e. The maximum atomic E-state index is 5.68. The molecule has 2 rings (SSSR count). The second-order valence-corrected chi connectivity index (χ2v) is 6.56. The van der Waals surface area contributed by atoms with E-state index in [0.29, 0.717) is 13.2 Å². The molecule has 1 aromatic rings. The molecule has 0 unspecified atom stereocenters. The third-order valence-corrected chi connectivity index (χ3v) is 4.94. The van der Waals surface area contributed by atoms with Gasteiger partial charge < -0.3 is 20.3 Å². The zero-order valence-corrected chi connectivity index (χ0v) is 16.1. The summed E-state index contributed by atoms with van der Waals surface area (Å²) in [6.07, 6.45) is 3.86. The molecule has 5 nitrogen and oxygen atoms in total. The predicted octanol–water partition coefficient (Wildman–Crippen LogP) is 2.87. The molecule has 0 radical (unpaired) electrons. The summed E-state index contributed by atoms with van der Waals surface area (Å²) in [4.78, 5) is 6.87. The van der Waals surface area contributed by atoms with E-state index in [0.717, 1.165) is 29.7 Å². The van der Waals surface area contributed by atoms with Crippen LogP contribution in [0.5, 0.6) is 5.75 Å². The summed E-state index contributed by atoms with van der Waals surface area (Å²) in [7, 11) is 1.82. The Hall–Kier alpha value is -1.75. The van der Waals surface area contributed by atoms with Crippen LogP contribution in [0.4, 0.5) is 0 Å². The lowest BCUT2D eigenvalue weighted by Gasteiger charge is -2.31. The minimum atomic E-state index is 0.681. The van der Waals surface area contributed by atoms with Gasteiger partial charge in [0.2, 0.25) is 0 Å². The Labute approximate surface area is 152 Å². The second kappa shape index (κ2) is 11.0. The minimum Gasteiger partial charge on any atom is -0.494 e. The van der Waals surface area contributed by atoms with Crippen LogP contribution in [0.2, 0.25) is 0 Å².